The lowest BCUT2D eigenvalue weighted by Crippen LogP contribution is -2.37. The van der Waals surface area contributed by atoms with E-state index in [9.17, 15) is 18.0 Å². The first-order valence-electron chi connectivity index (χ1n) is 7.54. The molecule has 0 aromatic heterocycles. The van der Waals surface area contributed by atoms with Gasteiger partial charge in [-0.05, 0) is 35.9 Å². The third-order valence-corrected chi connectivity index (χ3v) is 6.11. The number of ketones is 1. The molecule has 0 spiro atoms. The molecule has 122 valence electrons. The van der Waals surface area contributed by atoms with Gasteiger partial charge >= 0.3 is 0 Å². The van der Waals surface area contributed by atoms with E-state index in [1.54, 1.807) is 30.3 Å². The normalized spacial score (nSPS) is 16.6. The van der Waals surface area contributed by atoms with E-state index in [1.807, 2.05) is 0 Å². The van der Waals surface area contributed by atoms with Gasteiger partial charge in [-0.2, -0.15) is 0 Å². The van der Waals surface area contributed by atoms with Crippen LogP contribution in [0.4, 0.5) is 11.4 Å². The summed E-state index contributed by atoms with van der Waals surface area (Å²) >= 11 is 0. The van der Waals surface area contributed by atoms with Crippen molar-refractivity contribution in [1.29, 1.82) is 0 Å². The maximum Gasteiger partial charge on any atom is 0.264 e. The molecule has 0 unspecified atom stereocenters. The second-order valence-electron chi connectivity index (χ2n) is 5.81. The van der Waals surface area contributed by atoms with E-state index in [2.05, 4.69) is 5.32 Å². The van der Waals surface area contributed by atoms with Gasteiger partial charge in [-0.1, -0.05) is 12.1 Å². The van der Waals surface area contributed by atoms with Crippen molar-refractivity contribution in [2.75, 3.05) is 16.2 Å². The molecular formula is C17H14N2O4S. The van der Waals surface area contributed by atoms with E-state index in [-0.39, 0.29) is 36.0 Å². The first-order chi connectivity index (χ1) is 11.5. The SMILES string of the molecule is O=C1Cc2cc(S(=O)(=O)N3CCC(=O)c4ccccc43)ccc2N1. The number of nitrogens with zero attached hydrogens (tertiary/aromatic N) is 1. The van der Waals surface area contributed by atoms with Gasteiger partial charge in [-0.25, -0.2) is 8.42 Å². The summed E-state index contributed by atoms with van der Waals surface area (Å²) in [5, 5.41) is 2.68. The van der Waals surface area contributed by atoms with Crippen molar-refractivity contribution in [2.24, 2.45) is 0 Å². The molecule has 0 aliphatic carbocycles. The Bertz CT molecular complexity index is 982. The molecule has 0 saturated carbocycles. The minimum Gasteiger partial charge on any atom is -0.326 e. The predicted octanol–water partition coefficient (Wildman–Crippen LogP) is 1.96. The number of fused-ring (bicyclic) bond motifs is 2. The van der Waals surface area contributed by atoms with Crippen molar-refractivity contribution < 1.29 is 18.0 Å². The van der Waals surface area contributed by atoms with Crippen molar-refractivity contribution >= 4 is 33.1 Å². The highest BCUT2D eigenvalue weighted by Crippen LogP contribution is 2.33. The zero-order valence-electron chi connectivity index (χ0n) is 12.7. The topological polar surface area (TPSA) is 83.6 Å². The van der Waals surface area contributed by atoms with Crippen LogP contribution in [-0.2, 0) is 21.2 Å². The van der Waals surface area contributed by atoms with Gasteiger partial charge in [0.15, 0.2) is 5.78 Å². The molecule has 2 aromatic carbocycles. The number of sulfonamides is 1. The lowest BCUT2D eigenvalue weighted by atomic mass is 10.0. The number of hydrogen-bond acceptors (Lipinski definition) is 4. The average Bonchev–Trinajstić information content (AvgIpc) is 2.94. The lowest BCUT2D eigenvalue weighted by molar-refractivity contribution is -0.115. The largest absolute Gasteiger partial charge is 0.326 e. The Kier molecular flexibility index (Phi) is 3.21. The number of rotatable bonds is 2. The molecule has 2 heterocycles. The number of nitrogens with one attached hydrogen (secondary N) is 1. The monoisotopic (exact) mass is 342 g/mol. The molecule has 1 amide bonds. The summed E-state index contributed by atoms with van der Waals surface area (Å²) in [5.41, 5.74) is 2.14. The van der Waals surface area contributed by atoms with Gasteiger partial charge < -0.3 is 5.32 Å². The molecule has 1 N–H and O–H groups in total. The van der Waals surface area contributed by atoms with Crippen molar-refractivity contribution in [3.8, 4) is 0 Å². The van der Waals surface area contributed by atoms with Crippen molar-refractivity contribution in [1.82, 2.24) is 0 Å². The number of hydrogen-bond donors (Lipinski definition) is 1. The Balaban J connectivity index is 1.80. The summed E-state index contributed by atoms with van der Waals surface area (Å²) in [4.78, 5) is 23.6. The maximum atomic E-state index is 13.0. The molecule has 0 bridgehead atoms. The zero-order chi connectivity index (χ0) is 16.9. The highest BCUT2D eigenvalue weighted by atomic mass is 32.2. The third kappa shape index (κ3) is 2.20. The van der Waals surface area contributed by atoms with Crippen LogP contribution in [0.2, 0.25) is 0 Å². The molecule has 4 rings (SSSR count). The van der Waals surface area contributed by atoms with Crippen LogP contribution < -0.4 is 9.62 Å². The summed E-state index contributed by atoms with van der Waals surface area (Å²) in [6.07, 6.45) is 0.328. The van der Waals surface area contributed by atoms with Crippen LogP contribution in [0, 0.1) is 0 Å². The second kappa shape index (κ2) is 5.17. The maximum absolute atomic E-state index is 13.0. The summed E-state index contributed by atoms with van der Waals surface area (Å²) < 4.78 is 27.4. The number of amides is 1. The van der Waals surface area contributed by atoms with Gasteiger partial charge in [0.25, 0.3) is 10.0 Å². The van der Waals surface area contributed by atoms with Crippen molar-refractivity contribution in [3.63, 3.8) is 0 Å². The molecule has 0 saturated heterocycles. The average molecular weight is 342 g/mol. The van der Waals surface area contributed by atoms with E-state index >= 15 is 0 Å². The van der Waals surface area contributed by atoms with Crippen LogP contribution in [0.15, 0.2) is 47.4 Å². The van der Waals surface area contributed by atoms with Gasteiger partial charge in [-0.3, -0.25) is 13.9 Å². The number of Topliss-reactive ketones (excluding diaryl/α,β-unsaturated/α-hetero) is 1. The summed E-state index contributed by atoms with van der Waals surface area (Å²) in [7, 11) is -3.80. The Morgan fingerprint density at radius 3 is 2.67 bits per heavy atom. The summed E-state index contributed by atoms with van der Waals surface area (Å²) in [6.45, 7) is 0.118. The molecule has 7 heteroatoms. The summed E-state index contributed by atoms with van der Waals surface area (Å²) in [5.74, 6) is -0.200. The van der Waals surface area contributed by atoms with Gasteiger partial charge in [-0.15, -0.1) is 0 Å². The van der Waals surface area contributed by atoms with Gasteiger partial charge in [0.05, 0.1) is 17.0 Å². The van der Waals surface area contributed by atoms with Gasteiger partial charge in [0.2, 0.25) is 5.91 Å². The second-order valence-corrected chi connectivity index (χ2v) is 7.67. The van der Waals surface area contributed by atoms with Crippen LogP contribution in [0.1, 0.15) is 22.3 Å². The lowest BCUT2D eigenvalue weighted by Gasteiger charge is -2.29. The standard InChI is InChI=1S/C17H14N2O4S/c20-16-7-8-19(15-4-2-1-3-13(15)16)24(22,23)12-5-6-14-11(9-12)10-17(21)18-14/h1-6,9H,7-8,10H2,(H,18,21). The van der Waals surface area contributed by atoms with E-state index in [4.69, 9.17) is 0 Å². The van der Waals surface area contributed by atoms with Crippen LogP contribution in [-0.4, -0.2) is 26.7 Å². The fourth-order valence-electron chi connectivity index (χ4n) is 3.13. The smallest absolute Gasteiger partial charge is 0.264 e. The number of para-hydroxylation sites is 1. The van der Waals surface area contributed by atoms with Crippen LogP contribution in [0.3, 0.4) is 0 Å². The number of carbonyl (C=O) groups excluding carboxylic acids is 2. The number of benzene rings is 2. The van der Waals surface area contributed by atoms with Crippen LogP contribution in [0.25, 0.3) is 0 Å². The Morgan fingerprint density at radius 2 is 1.83 bits per heavy atom. The first kappa shape index (κ1) is 14.9. The fourth-order valence-corrected chi connectivity index (χ4v) is 4.66. The third-order valence-electron chi connectivity index (χ3n) is 4.30. The molecule has 0 atom stereocenters. The molecule has 6 nitrogen and oxygen atoms in total. The van der Waals surface area contributed by atoms with E-state index in [0.717, 1.165) is 0 Å². The van der Waals surface area contributed by atoms with E-state index < -0.39 is 10.0 Å². The van der Waals surface area contributed by atoms with Crippen LogP contribution >= 0.6 is 0 Å². The van der Waals surface area contributed by atoms with Crippen LogP contribution in [0.5, 0.6) is 0 Å². The molecule has 2 aromatic rings. The molecule has 0 fully saturated rings. The fraction of sp³-hybridized carbons (Fsp3) is 0.176. The molecular weight excluding hydrogens is 328 g/mol. The minimum atomic E-state index is -3.80. The zero-order valence-corrected chi connectivity index (χ0v) is 13.5. The molecule has 24 heavy (non-hydrogen) atoms. The van der Waals surface area contributed by atoms with E-state index in [0.29, 0.717) is 22.5 Å². The predicted molar refractivity (Wildman–Crippen MR) is 88.7 cm³/mol. The van der Waals surface area contributed by atoms with Gasteiger partial charge in [0, 0.05) is 24.2 Å². The van der Waals surface area contributed by atoms with Crippen molar-refractivity contribution in [2.45, 2.75) is 17.7 Å². The Hall–Kier alpha value is -2.67. The Morgan fingerprint density at radius 1 is 1.04 bits per heavy atom. The molecule has 2 aliphatic heterocycles. The summed E-state index contributed by atoms with van der Waals surface area (Å²) in [6, 6.07) is 11.3. The highest BCUT2D eigenvalue weighted by molar-refractivity contribution is 7.92. The first-order valence-corrected chi connectivity index (χ1v) is 8.98. The number of carbonyl (C=O) groups is 2. The van der Waals surface area contributed by atoms with E-state index in [1.165, 1.54) is 16.4 Å². The molecule has 2 aliphatic rings. The number of anilines is 2. The highest BCUT2D eigenvalue weighted by Gasteiger charge is 2.33. The minimum absolute atomic E-state index is 0.0548. The van der Waals surface area contributed by atoms with Crippen molar-refractivity contribution in [3.05, 3.63) is 53.6 Å². The Labute approximate surface area is 139 Å². The van der Waals surface area contributed by atoms with Gasteiger partial charge in [0.1, 0.15) is 0 Å². The quantitative estimate of drug-likeness (QED) is 0.904. The molecule has 0 radical (unpaired) electrons.